The molecule has 4 heterocycles. The molecule has 9 heteroatoms. The van der Waals surface area contributed by atoms with Crippen molar-refractivity contribution in [1.82, 2.24) is 19.3 Å². The lowest BCUT2D eigenvalue weighted by molar-refractivity contribution is 0.0932. The van der Waals surface area contributed by atoms with Crippen LogP contribution in [0.25, 0.3) is 16.7 Å². The van der Waals surface area contributed by atoms with Gasteiger partial charge in [-0.25, -0.2) is 13.4 Å². The SMILES string of the molecule is Cc1cccn2c(=O)c3cc(C(=O)N[C@@H]4CCS(=O)(=O)C4)n(Cc4ccccc4)c3nc12. The van der Waals surface area contributed by atoms with Crippen molar-refractivity contribution in [2.45, 2.75) is 25.9 Å². The van der Waals surface area contributed by atoms with Crippen LogP contribution < -0.4 is 10.9 Å². The Bertz CT molecular complexity index is 1520. The van der Waals surface area contributed by atoms with Crippen LogP contribution in [-0.4, -0.2) is 45.8 Å². The second kappa shape index (κ2) is 7.59. The maximum absolute atomic E-state index is 13.2. The van der Waals surface area contributed by atoms with Crippen LogP contribution in [0.2, 0.25) is 0 Å². The van der Waals surface area contributed by atoms with Crippen molar-refractivity contribution >= 4 is 32.4 Å². The highest BCUT2D eigenvalue weighted by Crippen LogP contribution is 2.20. The predicted octanol–water partition coefficient (Wildman–Crippen LogP) is 1.92. The summed E-state index contributed by atoms with van der Waals surface area (Å²) in [6.45, 7) is 2.23. The number of hydrogen-bond donors (Lipinski definition) is 1. The molecule has 1 amide bonds. The number of aromatic nitrogens is 3. The topological polar surface area (TPSA) is 103 Å². The van der Waals surface area contributed by atoms with Crippen molar-refractivity contribution in [3.8, 4) is 0 Å². The molecule has 8 nitrogen and oxygen atoms in total. The summed E-state index contributed by atoms with van der Waals surface area (Å²) >= 11 is 0. The van der Waals surface area contributed by atoms with Gasteiger partial charge in [-0.05, 0) is 36.6 Å². The van der Waals surface area contributed by atoms with Gasteiger partial charge in [0.1, 0.15) is 17.0 Å². The Hall–Kier alpha value is -3.46. The number of carbonyl (C=O) groups is 1. The van der Waals surface area contributed by atoms with Gasteiger partial charge >= 0.3 is 0 Å². The highest BCUT2D eigenvalue weighted by molar-refractivity contribution is 7.91. The molecule has 1 saturated heterocycles. The Balaban J connectivity index is 1.67. The number of nitrogens with one attached hydrogen (secondary N) is 1. The number of fused-ring (bicyclic) bond motifs is 2. The van der Waals surface area contributed by atoms with Crippen molar-refractivity contribution in [3.05, 3.63) is 81.9 Å². The lowest BCUT2D eigenvalue weighted by atomic mass is 10.2. The molecule has 164 valence electrons. The highest BCUT2D eigenvalue weighted by atomic mass is 32.2. The Kier molecular flexibility index (Phi) is 4.85. The maximum Gasteiger partial charge on any atom is 0.268 e. The first-order valence-electron chi connectivity index (χ1n) is 10.4. The quantitative estimate of drug-likeness (QED) is 0.512. The third-order valence-electron chi connectivity index (χ3n) is 5.88. The van der Waals surface area contributed by atoms with Crippen molar-refractivity contribution in [3.63, 3.8) is 0 Å². The smallest absolute Gasteiger partial charge is 0.268 e. The molecule has 0 radical (unpaired) electrons. The largest absolute Gasteiger partial charge is 0.347 e. The monoisotopic (exact) mass is 450 g/mol. The summed E-state index contributed by atoms with van der Waals surface area (Å²) in [7, 11) is -3.13. The molecular formula is C23H22N4O4S. The first-order chi connectivity index (χ1) is 15.3. The molecule has 0 unspecified atom stereocenters. The van der Waals surface area contributed by atoms with Gasteiger partial charge < -0.3 is 9.88 Å². The lowest BCUT2D eigenvalue weighted by Crippen LogP contribution is -2.36. The van der Waals surface area contributed by atoms with E-state index in [0.29, 0.717) is 29.6 Å². The molecule has 0 aliphatic carbocycles. The average molecular weight is 451 g/mol. The van der Waals surface area contributed by atoms with Crippen LogP contribution in [0, 0.1) is 6.92 Å². The molecule has 1 fully saturated rings. The van der Waals surface area contributed by atoms with Crippen LogP contribution >= 0.6 is 0 Å². The first-order valence-corrected chi connectivity index (χ1v) is 12.2. The van der Waals surface area contributed by atoms with Crippen LogP contribution in [0.1, 0.15) is 28.0 Å². The molecule has 32 heavy (non-hydrogen) atoms. The first kappa shape index (κ1) is 20.4. The summed E-state index contributed by atoms with van der Waals surface area (Å²) in [6.07, 6.45) is 2.05. The second-order valence-corrected chi connectivity index (χ2v) is 10.4. The fourth-order valence-electron chi connectivity index (χ4n) is 4.24. The molecule has 1 N–H and O–H groups in total. The van der Waals surface area contributed by atoms with Crippen LogP contribution in [0.15, 0.2) is 59.5 Å². The summed E-state index contributed by atoms with van der Waals surface area (Å²) in [4.78, 5) is 31.2. The molecule has 1 aliphatic heterocycles. The van der Waals surface area contributed by atoms with Gasteiger partial charge in [0.25, 0.3) is 11.5 Å². The number of pyridine rings is 1. The van der Waals surface area contributed by atoms with Gasteiger partial charge in [0.2, 0.25) is 0 Å². The fraction of sp³-hybridized carbons (Fsp3) is 0.261. The minimum atomic E-state index is -3.13. The fourth-order valence-corrected chi connectivity index (χ4v) is 5.92. The number of rotatable bonds is 4. The minimum Gasteiger partial charge on any atom is -0.347 e. The van der Waals surface area contributed by atoms with Crippen LogP contribution in [0.4, 0.5) is 0 Å². The van der Waals surface area contributed by atoms with Gasteiger partial charge in [-0.1, -0.05) is 36.4 Å². The molecule has 0 saturated carbocycles. The molecule has 1 aromatic carbocycles. The predicted molar refractivity (Wildman–Crippen MR) is 122 cm³/mol. The normalized spacial score (nSPS) is 17.7. The van der Waals surface area contributed by atoms with Crippen LogP contribution in [0.5, 0.6) is 0 Å². The Labute approximate surface area is 184 Å². The van der Waals surface area contributed by atoms with E-state index >= 15 is 0 Å². The van der Waals surface area contributed by atoms with Crippen molar-refractivity contribution < 1.29 is 13.2 Å². The standard InChI is InChI=1S/C23H22N4O4S/c1-15-6-5-10-26-20(15)25-21-18(23(26)29)12-19(27(21)13-16-7-3-2-4-8-16)22(28)24-17-9-11-32(30,31)14-17/h2-8,10,12,17H,9,11,13-14H2,1H3,(H,24,28)/t17-/m1/s1. The Morgan fingerprint density at radius 2 is 1.94 bits per heavy atom. The van der Waals surface area contributed by atoms with Gasteiger partial charge in [-0.3, -0.25) is 14.0 Å². The number of nitrogens with zero attached hydrogens (tertiary/aromatic N) is 3. The molecule has 3 aromatic heterocycles. The highest BCUT2D eigenvalue weighted by Gasteiger charge is 2.30. The van der Waals surface area contributed by atoms with E-state index in [9.17, 15) is 18.0 Å². The van der Waals surface area contributed by atoms with Crippen LogP contribution in [-0.2, 0) is 16.4 Å². The maximum atomic E-state index is 13.2. The molecule has 0 spiro atoms. The van der Waals surface area contributed by atoms with Gasteiger partial charge in [0.15, 0.2) is 9.84 Å². The van der Waals surface area contributed by atoms with Crippen molar-refractivity contribution in [2.75, 3.05) is 11.5 Å². The molecule has 1 atom stereocenters. The molecule has 1 aliphatic rings. The number of benzene rings is 1. The van der Waals surface area contributed by atoms with Gasteiger partial charge in [-0.2, -0.15) is 0 Å². The zero-order chi connectivity index (χ0) is 22.5. The summed E-state index contributed by atoms with van der Waals surface area (Å²) in [5, 5.41) is 3.18. The van der Waals surface area contributed by atoms with E-state index in [-0.39, 0.29) is 22.8 Å². The molecule has 5 rings (SSSR count). The third-order valence-corrected chi connectivity index (χ3v) is 7.64. The van der Waals surface area contributed by atoms with E-state index in [0.717, 1.165) is 11.1 Å². The zero-order valence-corrected chi connectivity index (χ0v) is 18.3. The summed E-state index contributed by atoms with van der Waals surface area (Å²) in [5.74, 6) is -0.411. The number of hydrogen-bond acceptors (Lipinski definition) is 5. The number of carbonyl (C=O) groups excluding carboxylic acids is 1. The van der Waals surface area contributed by atoms with E-state index in [2.05, 4.69) is 5.32 Å². The van der Waals surface area contributed by atoms with Crippen LogP contribution in [0.3, 0.4) is 0 Å². The number of amides is 1. The Morgan fingerprint density at radius 1 is 1.16 bits per heavy atom. The average Bonchev–Trinajstić information content (AvgIpc) is 3.29. The lowest BCUT2D eigenvalue weighted by Gasteiger charge is -2.14. The van der Waals surface area contributed by atoms with Gasteiger partial charge in [0.05, 0.1) is 16.9 Å². The van der Waals surface area contributed by atoms with Crippen molar-refractivity contribution in [2.24, 2.45) is 0 Å². The summed E-state index contributed by atoms with van der Waals surface area (Å²) in [5.41, 5.74) is 2.79. The number of sulfone groups is 1. The summed E-state index contributed by atoms with van der Waals surface area (Å²) < 4.78 is 26.8. The van der Waals surface area contributed by atoms with Gasteiger partial charge in [0, 0.05) is 18.8 Å². The van der Waals surface area contributed by atoms with E-state index < -0.39 is 21.8 Å². The second-order valence-electron chi connectivity index (χ2n) is 8.21. The zero-order valence-electron chi connectivity index (χ0n) is 17.5. The third kappa shape index (κ3) is 3.58. The van der Waals surface area contributed by atoms with Gasteiger partial charge in [-0.15, -0.1) is 0 Å². The van der Waals surface area contributed by atoms with E-state index in [1.54, 1.807) is 22.9 Å². The van der Waals surface area contributed by atoms with E-state index in [4.69, 9.17) is 4.98 Å². The Morgan fingerprint density at radius 3 is 2.66 bits per heavy atom. The molecular weight excluding hydrogens is 428 g/mol. The van der Waals surface area contributed by atoms with E-state index in [1.165, 1.54) is 4.40 Å². The number of aryl methyl sites for hydroxylation is 1. The minimum absolute atomic E-state index is 0.0678. The van der Waals surface area contributed by atoms with E-state index in [1.807, 2.05) is 43.3 Å². The molecule has 4 aromatic rings. The van der Waals surface area contributed by atoms with Crippen molar-refractivity contribution in [1.29, 1.82) is 0 Å². The molecule has 0 bridgehead atoms. The summed E-state index contributed by atoms with van der Waals surface area (Å²) in [6, 6.07) is 14.4.